The molecule has 1 aromatic rings. The number of hydrogen-bond donors (Lipinski definition) is 0. The van der Waals surface area contributed by atoms with E-state index in [-0.39, 0.29) is 22.2 Å². The molecule has 0 radical (unpaired) electrons. The fourth-order valence-electron chi connectivity index (χ4n) is 1.24. The molecular weight excluding hydrogens is 246 g/mol. The van der Waals surface area contributed by atoms with Gasteiger partial charge in [-0.2, -0.15) is 0 Å². The van der Waals surface area contributed by atoms with Crippen molar-refractivity contribution in [3.63, 3.8) is 0 Å². The molecule has 0 fully saturated rings. The van der Waals surface area contributed by atoms with Crippen molar-refractivity contribution in [1.82, 2.24) is 0 Å². The standard InChI is InChI=1S/C11H12ClNO4/c1-3-10(14)7(2)17-11-5-4-8(13(15)16)6-9(11)12/h4-7H,3H2,1-2H3. The minimum Gasteiger partial charge on any atom is -0.481 e. The predicted octanol–water partition coefficient (Wildman–Crippen LogP) is 2.99. The number of carbonyl (C=O) groups excluding carboxylic acids is 1. The molecule has 1 atom stereocenters. The first-order valence-corrected chi connectivity index (χ1v) is 5.46. The van der Waals surface area contributed by atoms with Gasteiger partial charge < -0.3 is 4.74 Å². The Morgan fingerprint density at radius 1 is 1.59 bits per heavy atom. The summed E-state index contributed by atoms with van der Waals surface area (Å²) in [5.41, 5.74) is -0.114. The molecule has 0 aliphatic heterocycles. The highest BCUT2D eigenvalue weighted by Crippen LogP contribution is 2.29. The van der Waals surface area contributed by atoms with E-state index in [1.807, 2.05) is 0 Å². The Kier molecular flexibility index (Phi) is 4.45. The lowest BCUT2D eigenvalue weighted by Crippen LogP contribution is -2.22. The van der Waals surface area contributed by atoms with Gasteiger partial charge in [-0.05, 0) is 13.0 Å². The summed E-state index contributed by atoms with van der Waals surface area (Å²) >= 11 is 5.82. The Morgan fingerprint density at radius 3 is 2.71 bits per heavy atom. The summed E-state index contributed by atoms with van der Waals surface area (Å²) in [6, 6.07) is 3.87. The third-order valence-corrected chi connectivity index (χ3v) is 2.53. The summed E-state index contributed by atoms with van der Waals surface area (Å²) < 4.78 is 5.33. The molecule has 0 aliphatic rings. The van der Waals surface area contributed by atoms with Gasteiger partial charge in [0.15, 0.2) is 11.9 Å². The number of nitro benzene ring substituents is 1. The molecule has 0 saturated heterocycles. The SMILES string of the molecule is CCC(=O)C(C)Oc1ccc([N+](=O)[O-])cc1Cl. The molecular formula is C11H12ClNO4. The van der Waals surface area contributed by atoms with Crippen LogP contribution in [0.5, 0.6) is 5.75 Å². The van der Waals surface area contributed by atoms with Gasteiger partial charge in [-0.3, -0.25) is 14.9 Å². The second-order valence-electron chi connectivity index (χ2n) is 3.45. The average Bonchev–Trinajstić information content (AvgIpc) is 2.30. The average molecular weight is 258 g/mol. The van der Waals surface area contributed by atoms with Crippen LogP contribution in [0.15, 0.2) is 18.2 Å². The summed E-state index contributed by atoms with van der Waals surface area (Å²) in [4.78, 5) is 21.3. The zero-order valence-corrected chi connectivity index (χ0v) is 10.2. The highest BCUT2D eigenvalue weighted by molar-refractivity contribution is 6.32. The van der Waals surface area contributed by atoms with Gasteiger partial charge in [-0.25, -0.2) is 0 Å². The molecule has 5 nitrogen and oxygen atoms in total. The zero-order valence-electron chi connectivity index (χ0n) is 9.47. The largest absolute Gasteiger partial charge is 0.481 e. The third-order valence-electron chi connectivity index (χ3n) is 2.23. The molecule has 0 N–H and O–H groups in total. The molecule has 0 amide bonds. The lowest BCUT2D eigenvalue weighted by atomic mass is 10.2. The molecule has 0 saturated carbocycles. The maximum atomic E-state index is 11.3. The number of carbonyl (C=O) groups is 1. The number of ketones is 1. The Labute approximate surface area is 103 Å². The number of benzene rings is 1. The van der Waals surface area contributed by atoms with E-state index in [0.717, 1.165) is 0 Å². The van der Waals surface area contributed by atoms with Crippen LogP contribution < -0.4 is 4.74 Å². The maximum Gasteiger partial charge on any atom is 0.271 e. The van der Waals surface area contributed by atoms with E-state index in [9.17, 15) is 14.9 Å². The number of halogens is 1. The van der Waals surface area contributed by atoms with E-state index in [0.29, 0.717) is 6.42 Å². The maximum absolute atomic E-state index is 11.3. The third kappa shape index (κ3) is 3.42. The number of hydrogen-bond acceptors (Lipinski definition) is 4. The van der Waals surface area contributed by atoms with Gasteiger partial charge in [-0.15, -0.1) is 0 Å². The lowest BCUT2D eigenvalue weighted by molar-refractivity contribution is -0.384. The quantitative estimate of drug-likeness (QED) is 0.601. The molecule has 6 heteroatoms. The first kappa shape index (κ1) is 13.4. The minimum atomic E-state index is -0.612. The van der Waals surface area contributed by atoms with Crippen molar-refractivity contribution in [1.29, 1.82) is 0 Å². The number of non-ortho nitro benzene ring substituents is 1. The first-order valence-electron chi connectivity index (χ1n) is 5.09. The summed E-state index contributed by atoms with van der Waals surface area (Å²) in [6.07, 6.45) is -0.245. The summed E-state index contributed by atoms with van der Waals surface area (Å²) in [6.45, 7) is 3.35. The zero-order chi connectivity index (χ0) is 13.0. The van der Waals surface area contributed by atoms with Crippen molar-refractivity contribution in [2.24, 2.45) is 0 Å². The van der Waals surface area contributed by atoms with Gasteiger partial charge in [0.05, 0.1) is 9.95 Å². The van der Waals surface area contributed by atoms with Crippen LogP contribution in [0.1, 0.15) is 20.3 Å². The van der Waals surface area contributed by atoms with Gasteiger partial charge >= 0.3 is 0 Å². The van der Waals surface area contributed by atoms with Gasteiger partial charge in [-0.1, -0.05) is 18.5 Å². The number of ether oxygens (including phenoxy) is 1. The number of Topliss-reactive ketones (excluding diaryl/α,β-unsaturated/α-hetero) is 1. The van der Waals surface area contributed by atoms with Crippen molar-refractivity contribution in [3.8, 4) is 5.75 Å². The molecule has 1 rings (SSSR count). The van der Waals surface area contributed by atoms with E-state index in [1.165, 1.54) is 18.2 Å². The molecule has 0 bridgehead atoms. The summed E-state index contributed by atoms with van der Waals surface area (Å²) in [7, 11) is 0. The molecule has 0 spiro atoms. The van der Waals surface area contributed by atoms with Crippen LogP contribution in [0.25, 0.3) is 0 Å². The van der Waals surface area contributed by atoms with Crippen LogP contribution in [-0.2, 0) is 4.79 Å². The van der Waals surface area contributed by atoms with Crippen LogP contribution >= 0.6 is 11.6 Å². The van der Waals surface area contributed by atoms with Gasteiger partial charge in [0.25, 0.3) is 5.69 Å². The van der Waals surface area contributed by atoms with Crippen LogP contribution in [0, 0.1) is 10.1 Å². The summed E-state index contributed by atoms with van der Waals surface area (Å²) in [5, 5.41) is 10.6. The fourth-order valence-corrected chi connectivity index (χ4v) is 1.46. The minimum absolute atomic E-state index is 0.0561. The Bertz CT molecular complexity index is 447. The fraction of sp³-hybridized carbons (Fsp3) is 0.364. The van der Waals surface area contributed by atoms with Crippen molar-refractivity contribution in [2.75, 3.05) is 0 Å². The molecule has 0 aliphatic carbocycles. The van der Waals surface area contributed by atoms with E-state index >= 15 is 0 Å². The number of nitrogens with zero attached hydrogens (tertiary/aromatic N) is 1. The molecule has 0 aromatic heterocycles. The summed E-state index contributed by atoms with van der Waals surface area (Å²) in [5.74, 6) is 0.214. The molecule has 0 heterocycles. The predicted molar refractivity (Wildman–Crippen MR) is 63.5 cm³/mol. The van der Waals surface area contributed by atoms with Gasteiger partial charge in [0.2, 0.25) is 0 Å². The van der Waals surface area contributed by atoms with E-state index in [2.05, 4.69) is 0 Å². The van der Waals surface area contributed by atoms with E-state index < -0.39 is 11.0 Å². The Morgan fingerprint density at radius 2 is 2.24 bits per heavy atom. The van der Waals surface area contributed by atoms with Crippen molar-refractivity contribution < 1.29 is 14.5 Å². The first-order chi connectivity index (χ1) is 7.95. The van der Waals surface area contributed by atoms with Crippen LogP contribution in [-0.4, -0.2) is 16.8 Å². The molecule has 17 heavy (non-hydrogen) atoms. The molecule has 1 unspecified atom stereocenters. The van der Waals surface area contributed by atoms with Crippen LogP contribution in [0.2, 0.25) is 5.02 Å². The monoisotopic (exact) mass is 257 g/mol. The Hall–Kier alpha value is -1.62. The highest BCUT2D eigenvalue weighted by Gasteiger charge is 2.16. The highest BCUT2D eigenvalue weighted by atomic mass is 35.5. The molecule has 92 valence electrons. The smallest absolute Gasteiger partial charge is 0.271 e. The van der Waals surface area contributed by atoms with Gasteiger partial charge in [0, 0.05) is 18.6 Å². The Balaban J connectivity index is 2.86. The van der Waals surface area contributed by atoms with Crippen molar-refractivity contribution in [2.45, 2.75) is 26.4 Å². The van der Waals surface area contributed by atoms with Crippen LogP contribution in [0.3, 0.4) is 0 Å². The number of rotatable bonds is 5. The topological polar surface area (TPSA) is 69.4 Å². The van der Waals surface area contributed by atoms with E-state index in [4.69, 9.17) is 16.3 Å². The molecule has 1 aromatic carbocycles. The second-order valence-corrected chi connectivity index (χ2v) is 3.86. The number of nitro groups is 1. The van der Waals surface area contributed by atoms with Crippen molar-refractivity contribution in [3.05, 3.63) is 33.3 Å². The lowest BCUT2D eigenvalue weighted by Gasteiger charge is -2.13. The van der Waals surface area contributed by atoms with Crippen molar-refractivity contribution >= 4 is 23.1 Å². The second kappa shape index (κ2) is 5.63. The van der Waals surface area contributed by atoms with Crippen LogP contribution in [0.4, 0.5) is 5.69 Å². The van der Waals surface area contributed by atoms with Gasteiger partial charge in [0.1, 0.15) is 5.75 Å². The van der Waals surface area contributed by atoms with E-state index in [1.54, 1.807) is 13.8 Å². The normalized spacial score (nSPS) is 11.9.